The normalized spacial score (nSPS) is 12.2. The topological polar surface area (TPSA) is 47.0 Å². The van der Waals surface area contributed by atoms with E-state index in [4.69, 9.17) is 4.74 Å². The van der Waals surface area contributed by atoms with Gasteiger partial charge in [-0.05, 0) is 36.7 Å². The molecule has 0 aliphatic rings. The van der Waals surface area contributed by atoms with Crippen molar-refractivity contribution in [3.8, 4) is 5.75 Å². The third-order valence-electron chi connectivity index (χ3n) is 2.92. The second-order valence-corrected chi connectivity index (χ2v) is 4.38. The van der Waals surface area contributed by atoms with Crippen LogP contribution in [-0.4, -0.2) is 23.6 Å². The summed E-state index contributed by atoms with van der Waals surface area (Å²) in [7, 11) is 1.67. The molecule has 1 heterocycles. The van der Waals surface area contributed by atoms with Gasteiger partial charge in [0.2, 0.25) is 0 Å². The van der Waals surface area contributed by atoms with Crippen LogP contribution >= 0.6 is 0 Å². The molecule has 1 aromatic carbocycles. The van der Waals surface area contributed by atoms with Crippen molar-refractivity contribution < 1.29 is 4.74 Å². The average molecular weight is 257 g/mol. The lowest BCUT2D eigenvalue weighted by atomic mass is 10.1. The minimum absolute atomic E-state index is 0.0107. The Labute approximate surface area is 113 Å². The van der Waals surface area contributed by atoms with Gasteiger partial charge in [0.1, 0.15) is 11.6 Å². The number of benzene rings is 1. The SMILES string of the molecule is CCNC(c1ccc(OC)cc1)c1ncc(C)cn1. The fourth-order valence-electron chi connectivity index (χ4n) is 1.91. The van der Waals surface area contributed by atoms with Crippen LogP contribution in [0.1, 0.15) is 29.9 Å². The lowest BCUT2D eigenvalue weighted by molar-refractivity contribution is 0.414. The maximum Gasteiger partial charge on any atom is 0.149 e. The molecule has 1 atom stereocenters. The number of nitrogens with zero attached hydrogens (tertiary/aromatic N) is 2. The molecular weight excluding hydrogens is 238 g/mol. The van der Waals surface area contributed by atoms with E-state index in [1.165, 1.54) is 0 Å². The number of rotatable bonds is 5. The van der Waals surface area contributed by atoms with Crippen LogP contribution < -0.4 is 10.1 Å². The number of ether oxygens (including phenoxy) is 1. The molecule has 0 aliphatic heterocycles. The number of nitrogens with one attached hydrogen (secondary N) is 1. The van der Waals surface area contributed by atoms with Crippen LogP contribution in [0.3, 0.4) is 0 Å². The summed E-state index contributed by atoms with van der Waals surface area (Å²) in [5.74, 6) is 1.64. The molecule has 4 nitrogen and oxygen atoms in total. The fraction of sp³-hybridized carbons (Fsp3) is 0.333. The second kappa shape index (κ2) is 6.29. The Balaban J connectivity index is 2.30. The Morgan fingerprint density at radius 2 is 1.79 bits per heavy atom. The van der Waals surface area contributed by atoms with E-state index in [0.29, 0.717) is 0 Å². The Morgan fingerprint density at radius 3 is 2.32 bits per heavy atom. The summed E-state index contributed by atoms with van der Waals surface area (Å²) in [5, 5.41) is 3.41. The van der Waals surface area contributed by atoms with E-state index < -0.39 is 0 Å². The third kappa shape index (κ3) is 3.29. The van der Waals surface area contributed by atoms with Gasteiger partial charge in [-0.15, -0.1) is 0 Å². The van der Waals surface area contributed by atoms with Gasteiger partial charge >= 0.3 is 0 Å². The second-order valence-electron chi connectivity index (χ2n) is 4.38. The number of aryl methyl sites for hydroxylation is 1. The largest absolute Gasteiger partial charge is 0.497 e. The highest BCUT2D eigenvalue weighted by Gasteiger charge is 2.15. The van der Waals surface area contributed by atoms with Gasteiger partial charge in [0.05, 0.1) is 13.2 Å². The zero-order valence-electron chi connectivity index (χ0n) is 11.6. The highest BCUT2D eigenvalue weighted by atomic mass is 16.5. The van der Waals surface area contributed by atoms with Crippen molar-refractivity contribution in [3.63, 3.8) is 0 Å². The summed E-state index contributed by atoms with van der Waals surface area (Å²) in [4.78, 5) is 8.82. The van der Waals surface area contributed by atoms with Crippen LogP contribution in [0.4, 0.5) is 0 Å². The van der Waals surface area contributed by atoms with Crippen molar-refractivity contribution >= 4 is 0 Å². The van der Waals surface area contributed by atoms with Gasteiger partial charge in [0.25, 0.3) is 0 Å². The molecule has 1 N–H and O–H groups in total. The van der Waals surface area contributed by atoms with Gasteiger partial charge in [0, 0.05) is 12.4 Å². The smallest absolute Gasteiger partial charge is 0.149 e. The van der Waals surface area contributed by atoms with Crippen LogP contribution in [0, 0.1) is 6.92 Å². The van der Waals surface area contributed by atoms with Crippen LogP contribution in [-0.2, 0) is 0 Å². The van der Waals surface area contributed by atoms with E-state index >= 15 is 0 Å². The predicted molar refractivity (Wildman–Crippen MR) is 75.3 cm³/mol. The average Bonchev–Trinajstić information content (AvgIpc) is 2.46. The highest BCUT2D eigenvalue weighted by molar-refractivity contribution is 5.31. The molecule has 0 saturated heterocycles. The van der Waals surface area contributed by atoms with E-state index in [0.717, 1.165) is 29.2 Å². The molecule has 1 aromatic heterocycles. The molecule has 2 aromatic rings. The molecule has 0 amide bonds. The van der Waals surface area contributed by atoms with Crippen LogP contribution in [0.15, 0.2) is 36.7 Å². The summed E-state index contributed by atoms with van der Waals surface area (Å²) >= 11 is 0. The Hall–Kier alpha value is -1.94. The minimum Gasteiger partial charge on any atom is -0.497 e. The molecule has 4 heteroatoms. The van der Waals surface area contributed by atoms with Crippen molar-refractivity contribution in [2.24, 2.45) is 0 Å². The summed E-state index contributed by atoms with van der Waals surface area (Å²) in [5.41, 5.74) is 2.19. The van der Waals surface area contributed by atoms with Gasteiger partial charge in [-0.1, -0.05) is 19.1 Å². The summed E-state index contributed by atoms with van der Waals surface area (Å²) < 4.78 is 5.18. The quantitative estimate of drug-likeness (QED) is 0.894. The molecule has 1 unspecified atom stereocenters. The van der Waals surface area contributed by atoms with Gasteiger partial charge in [-0.3, -0.25) is 0 Å². The van der Waals surface area contributed by atoms with E-state index in [1.54, 1.807) is 7.11 Å². The monoisotopic (exact) mass is 257 g/mol. The van der Waals surface area contributed by atoms with Crippen molar-refractivity contribution in [1.82, 2.24) is 15.3 Å². The molecule has 0 radical (unpaired) electrons. The molecule has 0 bridgehead atoms. The molecule has 100 valence electrons. The first kappa shape index (κ1) is 13.5. The molecule has 0 aliphatic carbocycles. The number of hydrogen-bond donors (Lipinski definition) is 1. The number of methoxy groups -OCH3 is 1. The first-order chi connectivity index (χ1) is 9.24. The standard InChI is InChI=1S/C15H19N3O/c1-4-16-14(15-17-9-11(2)10-18-15)12-5-7-13(19-3)8-6-12/h5-10,14,16H,4H2,1-3H3. The van der Waals surface area contributed by atoms with Crippen molar-refractivity contribution in [2.75, 3.05) is 13.7 Å². The van der Waals surface area contributed by atoms with E-state index in [1.807, 2.05) is 43.6 Å². The Kier molecular flexibility index (Phi) is 4.47. The van der Waals surface area contributed by atoms with E-state index in [9.17, 15) is 0 Å². The van der Waals surface area contributed by atoms with Gasteiger partial charge in [0.15, 0.2) is 0 Å². The lowest BCUT2D eigenvalue weighted by Gasteiger charge is -2.17. The first-order valence-corrected chi connectivity index (χ1v) is 6.40. The highest BCUT2D eigenvalue weighted by Crippen LogP contribution is 2.21. The number of hydrogen-bond acceptors (Lipinski definition) is 4. The van der Waals surface area contributed by atoms with Crippen LogP contribution in [0.2, 0.25) is 0 Å². The zero-order chi connectivity index (χ0) is 13.7. The van der Waals surface area contributed by atoms with Crippen LogP contribution in [0.5, 0.6) is 5.75 Å². The molecule has 0 spiro atoms. The molecule has 0 fully saturated rings. The summed E-state index contributed by atoms with van der Waals surface area (Å²) in [6.07, 6.45) is 3.69. The van der Waals surface area contributed by atoms with E-state index in [-0.39, 0.29) is 6.04 Å². The van der Waals surface area contributed by atoms with Gasteiger partial charge in [-0.25, -0.2) is 9.97 Å². The third-order valence-corrected chi connectivity index (χ3v) is 2.92. The fourth-order valence-corrected chi connectivity index (χ4v) is 1.91. The Morgan fingerprint density at radius 1 is 1.16 bits per heavy atom. The van der Waals surface area contributed by atoms with Crippen molar-refractivity contribution in [1.29, 1.82) is 0 Å². The summed E-state index contributed by atoms with van der Waals surface area (Å²) in [6, 6.07) is 7.99. The Bertz CT molecular complexity index is 508. The van der Waals surface area contributed by atoms with Crippen LogP contribution in [0.25, 0.3) is 0 Å². The summed E-state index contributed by atoms with van der Waals surface area (Å²) in [6.45, 7) is 4.91. The van der Waals surface area contributed by atoms with Gasteiger partial charge < -0.3 is 10.1 Å². The number of aromatic nitrogens is 2. The molecule has 0 saturated carbocycles. The maximum atomic E-state index is 5.18. The van der Waals surface area contributed by atoms with Crippen molar-refractivity contribution in [2.45, 2.75) is 19.9 Å². The molecule has 19 heavy (non-hydrogen) atoms. The van der Waals surface area contributed by atoms with Crippen molar-refractivity contribution in [3.05, 3.63) is 53.6 Å². The predicted octanol–water partition coefficient (Wildman–Crippen LogP) is 2.49. The zero-order valence-corrected chi connectivity index (χ0v) is 11.6. The molecule has 2 rings (SSSR count). The first-order valence-electron chi connectivity index (χ1n) is 6.40. The van der Waals surface area contributed by atoms with Gasteiger partial charge in [-0.2, -0.15) is 0 Å². The maximum absolute atomic E-state index is 5.18. The minimum atomic E-state index is 0.0107. The molecular formula is C15H19N3O. The lowest BCUT2D eigenvalue weighted by Crippen LogP contribution is -2.24. The van der Waals surface area contributed by atoms with E-state index in [2.05, 4.69) is 22.2 Å².